The SMILES string of the molecule is COc1cc2c(cc1CNC(=O)CSCCN1CCCC1)OCCO2. The number of ether oxygens (including phenoxy) is 3. The maximum atomic E-state index is 12.1. The van der Waals surface area contributed by atoms with E-state index in [-0.39, 0.29) is 5.91 Å². The smallest absolute Gasteiger partial charge is 0.230 e. The van der Waals surface area contributed by atoms with Crippen LogP contribution in [0, 0.1) is 0 Å². The number of hydrogen-bond acceptors (Lipinski definition) is 6. The molecule has 1 N–H and O–H groups in total. The van der Waals surface area contributed by atoms with E-state index in [1.807, 2.05) is 12.1 Å². The first-order chi connectivity index (χ1) is 12.3. The lowest BCUT2D eigenvalue weighted by Crippen LogP contribution is -2.26. The van der Waals surface area contributed by atoms with Crippen LogP contribution in [0.2, 0.25) is 0 Å². The van der Waals surface area contributed by atoms with E-state index in [0.29, 0.717) is 42.8 Å². The predicted octanol–water partition coefficient (Wildman–Crippen LogP) is 1.91. The van der Waals surface area contributed by atoms with Crippen molar-refractivity contribution in [1.29, 1.82) is 0 Å². The van der Waals surface area contributed by atoms with Crippen molar-refractivity contribution in [3.63, 3.8) is 0 Å². The third-order valence-electron chi connectivity index (χ3n) is 4.40. The second kappa shape index (κ2) is 9.20. The van der Waals surface area contributed by atoms with Gasteiger partial charge in [0.25, 0.3) is 0 Å². The van der Waals surface area contributed by atoms with Gasteiger partial charge in [-0.2, -0.15) is 11.8 Å². The van der Waals surface area contributed by atoms with Crippen molar-refractivity contribution in [2.75, 3.05) is 51.5 Å². The van der Waals surface area contributed by atoms with Gasteiger partial charge in [-0.15, -0.1) is 0 Å². The monoisotopic (exact) mass is 366 g/mol. The molecule has 0 unspecified atom stereocenters. The van der Waals surface area contributed by atoms with E-state index in [0.717, 1.165) is 17.9 Å². The van der Waals surface area contributed by atoms with Gasteiger partial charge in [0.15, 0.2) is 11.5 Å². The number of methoxy groups -OCH3 is 1. The van der Waals surface area contributed by atoms with Gasteiger partial charge in [0.2, 0.25) is 5.91 Å². The highest BCUT2D eigenvalue weighted by atomic mass is 32.2. The molecule has 0 atom stereocenters. The molecular formula is C18H26N2O4S. The van der Waals surface area contributed by atoms with Crippen LogP contribution < -0.4 is 19.5 Å². The molecule has 7 heteroatoms. The molecule has 1 aromatic rings. The molecule has 2 aliphatic heterocycles. The first-order valence-corrected chi connectivity index (χ1v) is 9.95. The molecule has 0 radical (unpaired) electrons. The highest BCUT2D eigenvalue weighted by molar-refractivity contribution is 7.99. The zero-order chi connectivity index (χ0) is 17.5. The fourth-order valence-electron chi connectivity index (χ4n) is 3.05. The Kier molecular flexibility index (Phi) is 6.69. The van der Waals surface area contributed by atoms with Gasteiger partial charge in [-0.05, 0) is 32.0 Å². The summed E-state index contributed by atoms with van der Waals surface area (Å²) >= 11 is 1.69. The van der Waals surface area contributed by atoms with Gasteiger partial charge >= 0.3 is 0 Å². The van der Waals surface area contributed by atoms with Crippen LogP contribution in [0.5, 0.6) is 17.2 Å². The molecular weight excluding hydrogens is 340 g/mol. The summed E-state index contributed by atoms with van der Waals surface area (Å²) in [5.74, 6) is 3.63. The summed E-state index contributed by atoms with van der Waals surface area (Å²) < 4.78 is 16.6. The Morgan fingerprint density at radius 3 is 2.68 bits per heavy atom. The van der Waals surface area contributed by atoms with Crippen LogP contribution in [0.25, 0.3) is 0 Å². The fourth-order valence-corrected chi connectivity index (χ4v) is 3.87. The van der Waals surface area contributed by atoms with Gasteiger partial charge in [-0.3, -0.25) is 4.79 Å². The average Bonchev–Trinajstić information content (AvgIpc) is 3.16. The van der Waals surface area contributed by atoms with Crippen molar-refractivity contribution >= 4 is 17.7 Å². The number of fused-ring (bicyclic) bond motifs is 1. The number of carbonyl (C=O) groups excluding carboxylic acids is 1. The third-order valence-corrected chi connectivity index (χ3v) is 5.34. The Morgan fingerprint density at radius 2 is 1.96 bits per heavy atom. The zero-order valence-electron chi connectivity index (χ0n) is 14.7. The Hall–Kier alpha value is -1.60. The first-order valence-electron chi connectivity index (χ1n) is 8.79. The van der Waals surface area contributed by atoms with Gasteiger partial charge in [0.1, 0.15) is 19.0 Å². The fraction of sp³-hybridized carbons (Fsp3) is 0.611. The van der Waals surface area contributed by atoms with Crippen molar-refractivity contribution in [2.45, 2.75) is 19.4 Å². The molecule has 2 aliphatic rings. The van der Waals surface area contributed by atoms with Crippen molar-refractivity contribution in [1.82, 2.24) is 10.2 Å². The lowest BCUT2D eigenvalue weighted by molar-refractivity contribution is -0.118. The van der Waals surface area contributed by atoms with Crippen molar-refractivity contribution in [2.24, 2.45) is 0 Å². The maximum absolute atomic E-state index is 12.1. The molecule has 25 heavy (non-hydrogen) atoms. The largest absolute Gasteiger partial charge is 0.496 e. The maximum Gasteiger partial charge on any atom is 0.230 e. The normalized spacial score (nSPS) is 16.7. The van der Waals surface area contributed by atoms with Gasteiger partial charge in [0, 0.05) is 30.5 Å². The minimum Gasteiger partial charge on any atom is -0.496 e. The van der Waals surface area contributed by atoms with Crippen molar-refractivity contribution in [3.8, 4) is 17.2 Å². The minimum atomic E-state index is 0.0448. The standard InChI is InChI=1S/C18H26N2O4S/c1-22-15-11-17-16(23-7-8-24-17)10-14(15)12-19-18(21)13-25-9-6-20-4-2-3-5-20/h10-11H,2-9,12-13H2,1H3,(H,19,21). The molecule has 6 nitrogen and oxygen atoms in total. The molecule has 0 aromatic heterocycles. The van der Waals surface area contributed by atoms with E-state index >= 15 is 0 Å². The quantitative estimate of drug-likeness (QED) is 0.710. The molecule has 138 valence electrons. The zero-order valence-corrected chi connectivity index (χ0v) is 15.5. The number of thioether (sulfide) groups is 1. The topological polar surface area (TPSA) is 60.0 Å². The second-order valence-electron chi connectivity index (χ2n) is 6.19. The van der Waals surface area contributed by atoms with Crippen molar-refractivity contribution in [3.05, 3.63) is 17.7 Å². The molecule has 1 saturated heterocycles. The van der Waals surface area contributed by atoms with Crippen LogP contribution in [0.3, 0.4) is 0 Å². The van der Waals surface area contributed by atoms with E-state index in [1.54, 1.807) is 18.9 Å². The molecule has 3 rings (SSSR count). The van der Waals surface area contributed by atoms with Gasteiger partial charge < -0.3 is 24.4 Å². The molecule has 0 saturated carbocycles. The molecule has 0 aliphatic carbocycles. The van der Waals surface area contributed by atoms with E-state index in [9.17, 15) is 4.79 Å². The Morgan fingerprint density at radius 1 is 1.24 bits per heavy atom. The number of rotatable bonds is 8. The third kappa shape index (κ3) is 5.19. The van der Waals surface area contributed by atoms with E-state index in [2.05, 4.69) is 10.2 Å². The van der Waals surface area contributed by atoms with Crippen LogP contribution in [-0.2, 0) is 11.3 Å². The number of benzene rings is 1. The number of carbonyl (C=O) groups is 1. The highest BCUT2D eigenvalue weighted by Gasteiger charge is 2.17. The Bertz CT molecular complexity index is 591. The lowest BCUT2D eigenvalue weighted by atomic mass is 10.1. The van der Waals surface area contributed by atoms with Gasteiger partial charge in [-0.25, -0.2) is 0 Å². The van der Waals surface area contributed by atoms with Crippen LogP contribution in [0.15, 0.2) is 12.1 Å². The molecule has 1 amide bonds. The number of amides is 1. The first kappa shape index (κ1) is 18.2. The van der Waals surface area contributed by atoms with Gasteiger partial charge in [0.05, 0.1) is 12.9 Å². The molecule has 1 fully saturated rings. The summed E-state index contributed by atoms with van der Waals surface area (Å²) in [4.78, 5) is 14.5. The van der Waals surface area contributed by atoms with Crippen LogP contribution in [-0.4, -0.2) is 62.3 Å². The second-order valence-corrected chi connectivity index (χ2v) is 7.29. The number of nitrogens with one attached hydrogen (secondary N) is 1. The minimum absolute atomic E-state index is 0.0448. The molecule has 1 aromatic carbocycles. The summed E-state index contributed by atoms with van der Waals surface area (Å²) in [7, 11) is 1.62. The predicted molar refractivity (Wildman–Crippen MR) is 98.8 cm³/mol. The summed E-state index contributed by atoms with van der Waals surface area (Å²) in [6.07, 6.45) is 2.62. The average molecular weight is 366 g/mol. The van der Waals surface area contributed by atoms with Gasteiger partial charge in [-0.1, -0.05) is 0 Å². The van der Waals surface area contributed by atoms with Crippen LogP contribution >= 0.6 is 11.8 Å². The van der Waals surface area contributed by atoms with Crippen LogP contribution in [0.1, 0.15) is 18.4 Å². The number of nitrogens with zero attached hydrogens (tertiary/aromatic N) is 1. The van der Waals surface area contributed by atoms with E-state index in [4.69, 9.17) is 14.2 Å². The summed E-state index contributed by atoms with van der Waals surface area (Å²) in [6, 6.07) is 3.70. The van der Waals surface area contributed by atoms with Crippen molar-refractivity contribution < 1.29 is 19.0 Å². The molecule has 0 bridgehead atoms. The lowest BCUT2D eigenvalue weighted by Gasteiger charge is -2.21. The number of likely N-dealkylation sites (tertiary alicyclic amines) is 1. The summed E-state index contributed by atoms with van der Waals surface area (Å²) in [5, 5.41) is 2.96. The number of hydrogen-bond donors (Lipinski definition) is 1. The van der Waals surface area contributed by atoms with E-state index < -0.39 is 0 Å². The summed E-state index contributed by atoms with van der Waals surface area (Å²) in [6.45, 7) is 4.99. The van der Waals surface area contributed by atoms with Crippen LogP contribution in [0.4, 0.5) is 0 Å². The summed E-state index contributed by atoms with van der Waals surface area (Å²) in [5.41, 5.74) is 0.891. The van der Waals surface area contributed by atoms with E-state index in [1.165, 1.54) is 25.9 Å². The highest BCUT2D eigenvalue weighted by Crippen LogP contribution is 2.36. The Balaban J connectivity index is 1.43. The Labute approximate surface area is 153 Å². The molecule has 0 spiro atoms. The molecule has 2 heterocycles.